The molecule has 1 saturated heterocycles. The second-order valence-electron chi connectivity index (χ2n) is 5.08. The van der Waals surface area contributed by atoms with Crippen LogP contribution in [-0.2, 0) is 16.0 Å². The zero-order valence-electron chi connectivity index (χ0n) is 10.6. The first-order chi connectivity index (χ1) is 8.66. The molecule has 0 radical (unpaired) electrons. The number of rotatable bonds is 1. The Morgan fingerprint density at radius 2 is 2.33 bits per heavy atom. The second-order valence-corrected chi connectivity index (χ2v) is 5.08. The summed E-state index contributed by atoms with van der Waals surface area (Å²) in [6.07, 6.45) is 2.48. The molecule has 0 saturated carbocycles. The van der Waals surface area contributed by atoms with Gasteiger partial charge in [-0.3, -0.25) is 4.79 Å². The van der Waals surface area contributed by atoms with Crippen molar-refractivity contribution in [3.05, 3.63) is 23.3 Å². The van der Waals surface area contributed by atoms with E-state index in [1.54, 1.807) is 0 Å². The Hall–Kier alpha value is -1.55. The van der Waals surface area contributed by atoms with E-state index >= 15 is 0 Å². The van der Waals surface area contributed by atoms with Crippen LogP contribution in [0, 0.1) is 6.92 Å². The van der Waals surface area contributed by atoms with Gasteiger partial charge in [-0.1, -0.05) is 6.07 Å². The average molecular weight is 246 g/mol. The largest absolute Gasteiger partial charge is 0.398 e. The van der Waals surface area contributed by atoms with Crippen molar-refractivity contribution in [1.82, 2.24) is 0 Å². The van der Waals surface area contributed by atoms with E-state index in [0.717, 1.165) is 42.7 Å². The standard InChI is InChI=1S/C14H18N2O2/c1-9-7-10-4-5-16(12(10)8-11(9)15)14(17)13-3-2-6-18-13/h7-8,13H,2-6,15H2,1H3. The van der Waals surface area contributed by atoms with E-state index in [0.29, 0.717) is 6.61 Å². The first-order valence-corrected chi connectivity index (χ1v) is 6.49. The second kappa shape index (κ2) is 4.28. The summed E-state index contributed by atoms with van der Waals surface area (Å²) in [5.74, 6) is 0.0921. The number of nitrogens with zero attached hydrogens (tertiary/aromatic N) is 1. The van der Waals surface area contributed by atoms with Gasteiger partial charge in [-0.15, -0.1) is 0 Å². The summed E-state index contributed by atoms with van der Waals surface area (Å²) in [5, 5.41) is 0. The third-order valence-corrected chi connectivity index (χ3v) is 3.83. The lowest BCUT2D eigenvalue weighted by atomic mass is 10.1. The maximum Gasteiger partial charge on any atom is 0.256 e. The Kier molecular flexibility index (Phi) is 2.74. The van der Waals surface area contributed by atoms with Crippen molar-refractivity contribution in [3.8, 4) is 0 Å². The number of anilines is 2. The van der Waals surface area contributed by atoms with Gasteiger partial charge in [-0.2, -0.15) is 0 Å². The van der Waals surface area contributed by atoms with Crippen molar-refractivity contribution in [3.63, 3.8) is 0 Å². The third kappa shape index (κ3) is 1.77. The number of carbonyl (C=O) groups is 1. The van der Waals surface area contributed by atoms with E-state index in [4.69, 9.17) is 10.5 Å². The van der Waals surface area contributed by atoms with Crippen LogP contribution < -0.4 is 10.6 Å². The fourth-order valence-corrected chi connectivity index (χ4v) is 2.75. The third-order valence-electron chi connectivity index (χ3n) is 3.83. The molecule has 0 aliphatic carbocycles. The Morgan fingerprint density at radius 1 is 1.50 bits per heavy atom. The van der Waals surface area contributed by atoms with Gasteiger partial charge >= 0.3 is 0 Å². The first kappa shape index (κ1) is 11.5. The van der Waals surface area contributed by atoms with Crippen LogP contribution in [-0.4, -0.2) is 25.2 Å². The van der Waals surface area contributed by atoms with E-state index in [9.17, 15) is 4.79 Å². The molecule has 3 rings (SSSR count). The van der Waals surface area contributed by atoms with Crippen molar-refractivity contribution in [2.75, 3.05) is 23.8 Å². The highest BCUT2D eigenvalue weighted by Gasteiger charge is 2.32. The van der Waals surface area contributed by atoms with Gasteiger partial charge in [0.1, 0.15) is 6.10 Å². The van der Waals surface area contributed by atoms with E-state index in [1.165, 1.54) is 5.56 Å². The molecule has 2 aliphatic heterocycles. The lowest BCUT2D eigenvalue weighted by molar-refractivity contribution is -0.127. The number of hydrogen-bond acceptors (Lipinski definition) is 3. The van der Waals surface area contributed by atoms with Crippen molar-refractivity contribution in [2.24, 2.45) is 0 Å². The Morgan fingerprint density at radius 3 is 3.06 bits per heavy atom. The number of benzene rings is 1. The van der Waals surface area contributed by atoms with E-state index in [1.807, 2.05) is 17.9 Å². The molecule has 18 heavy (non-hydrogen) atoms. The lowest BCUT2D eigenvalue weighted by Gasteiger charge is -2.21. The molecule has 2 heterocycles. The van der Waals surface area contributed by atoms with Crippen LogP contribution >= 0.6 is 0 Å². The smallest absolute Gasteiger partial charge is 0.256 e. The molecule has 4 heteroatoms. The van der Waals surface area contributed by atoms with Gasteiger partial charge in [0.05, 0.1) is 0 Å². The fraction of sp³-hybridized carbons (Fsp3) is 0.500. The van der Waals surface area contributed by atoms with Crippen molar-refractivity contribution in [1.29, 1.82) is 0 Å². The maximum atomic E-state index is 12.4. The first-order valence-electron chi connectivity index (χ1n) is 6.49. The van der Waals surface area contributed by atoms with Crippen LogP contribution in [0.25, 0.3) is 0 Å². The van der Waals surface area contributed by atoms with Crippen LogP contribution in [0.4, 0.5) is 11.4 Å². The van der Waals surface area contributed by atoms with Crippen LogP contribution in [0.5, 0.6) is 0 Å². The topological polar surface area (TPSA) is 55.6 Å². The highest BCUT2D eigenvalue weighted by Crippen LogP contribution is 2.33. The molecule has 1 aromatic carbocycles. The molecule has 0 aromatic heterocycles. The van der Waals surface area contributed by atoms with Gasteiger partial charge in [0.15, 0.2) is 0 Å². The quantitative estimate of drug-likeness (QED) is 0.766. The summed E-state index contributed by atoms with van der Waals surface area (Å²) >= 11 is 0. The van der Waals surface area contributed by atoms with Crippen molar-refractivity contribution < 1.29 is 9.53 Å². The van der Waals surface area contributed by atoms with Crippen molar-refractivity contribution >= 4 is 17.3 Å². The highest BCUT2D eigenvalue weighted by atomic mass is 16.5. The van der Waals surface area contributed by atoms with Crippen molar-refractivity contribution in [2.45, 2.75) is 32.3 Å². The van der Waals surface area contributed by atoms with Gasteiger partial charge in [-0.25, -0.2) is 0 Å². The van der Waals surface area contributed by atoms with Gasteiger partial charge < -0.3 is 15.4 Å². The molecule has 0 bridgehead atoms. The molecular weight excluding hydrogens is 228 g/mol. The van der Waals surface area contributed by atoms with Gasteiger partial charge in [0.25, 0.3) is 5.91 Å². The van der Waals surface area contributed by atoms with Crippen LogP contribution in [0.1, 0.15) is 24.0 Å². The molecule has 1 aromatic rings. The predicted octanol–water partition coefficient (Wildman–Crippen LogP) is 1.65. The molecule has 1 atom stereocenters. The summed E-state index contributed by atoms with van der Waals surface area (Å²) in [6.45, 7) is 3.45. The molecule has 1 fully saturated rings. The minimum atomic E-state index is -0.251. The number of fused-ring (bicyclic) bond motifs is 1. The fourth-order valence-electron chi connectivity index (χ4n) is 2.75. The van der Waals surface area contributed by atoms with E-state index in [-0.39, 0.29) is 12.0 Å². The number of ether oxygens (including phenoxy) is 1. The molecule has 4 nitrogen and oxygen atoms in total. The number of nitrogens with two attached hydrogens (primary N) is 1. The Balaban J connectivity index is 1.89. The van der Waals surface area contributed by atoms with Gasteiger partial charge in [-0.05, 0) is 43.4 Å². The van der Waals surface area contributed by atoms with Gasteiger partial charge in [0, 0.05) is 24.5 Å². The Labute approximate surface area is 107 Å². The number of aryl methyl sites for hydroxylation is 1. The molecule has 2 N–H and O–H groups in total. The maximum absolute atomic E-state index is 12.4. The molecule has 1 amide bonds. The van der Waals surface area contributed by atoms with E-state index in [2.05, 4.69) is 6.07 Å². The zero-order chi connectivity index (χ0) is 12.7. The molecule has 96 valence electrons. The minimum absolute atomic E-state index is 0.0921. The molecule has 0 spiro atoms. The van der Waals surface area contributed by atoms with E-state index < -0.39 is 0 Å². The Bertz CT molecular complexity index is 493. The zero-order valence-corrected chi connectivity index (χ0v) is 10.6. The summed E-state index contributed by atoms with van der Waals surface area (Å²) in [5.41, 5.74) is 9.96. The monoisotopic (exact) mass is 246 g/mol. The average Bonchev–Trinajstić information content (AvgIpc) is 2.98. The van der Waals surface area contributed by atoms with Crippen LogP contribution in [0.2, 0.25) is 0 Å². The number of amides is 1. The number of carbonyl (C=O) groups excluding carboxylic acids is 1. The normalized spacial score (nSPS) is 22.3. The summed E-state index contributed by atoms with van der Waals surface area (Å²) < 4.78 is 5.47. The van der Waals surface area contributed by atoms with Crippen LogP contribution in [0.15, 0.2) is 12.1 Å². The molecule has 1 unspecified atom stereocenters. The predicted molar refractivity (Wildman–Crippen MR) is 70.6 cm³/mol. The van der Waals surface area contributed by atoms with Gasteiger partial charge in [0.2, 0.25) is 0 Å². The minimum Gasteiger partial charge on any atom is -0.398 e. The molecule has 2 aliphatic rings. The number of nitrogen functional groups attached to an aromatic ring is 1. The lowest BCUT2D eigenvalue weighted by Crippen LogP contribution is -2.37. The highest BCUT2D eigenvalue weighted by molar-refractivity contribution is 5.99. The van der Waals surface area contributed by atoms with Crippen LogP contribution in [0.3, 0.4) is 0 Å². The molecular formula is C14H18N2O2. The number of hydrogen-bond donors (Lipinski definition) is 1. The summed E-state index contributed by atoms with van der Waals surface area (Å²) in [7, 11) is 0. The summed E-state index contributed by atoms with van der Waals surface area (Å²) in [6, 6.07) is 4.01. The SMILES string of the molecule is Cc1cc2c(cc1N)N(C(=O)C1CCCO1)CC2. The summed E-state index contributed by atoms with van der Waals surface area (Å²) in [4.78, 5) is 14.2.